The van der Waals surface area contributed by atoms with Crippen molar-refractivity contribution in [3.8, 4) is 5.75 Å². The number of ether oxygens (including phenoxy) is 1. The molecule has 96 valence electrons. The van der Waals surface area contributed by atoms with Crippen molar-refractivity contribution < 1.29 is 9.13 Å². The summed E-state index contributed by atoms with van der Waals surface area (Å²) in [7, 11) is 0. The molecule has 3 heteroatoms. The lowest BCUT2D eigenvalue weighted by atomic mass is 9.86. The topological polar surface area (TPSA) is 9.23 Å². The second-order valence-electron chi connectivity index (χ2n) is 5.19. The highest BCUT2D eigenvalue weighted by molar-refractivity contribution is 6.32. The van der Waals surface area contributed by atoms with Crippen LogP contribution in [0.1, 0.15) is 46.1 Å². The molecule has 0 saturated heterocycles. The summed E-state index contributed by atoms with van der Waals surface area (Å²) in [6, 6.07) is 3.43. The SMILES string of the molecule is CCCCOc1c(Cl)ccc(C(C)(C)C)c1F. The van der Waals surface area contributed by atoms with Crippen LogP contribution in [0.25, 0.3) is 0 Å². The van der Waals surface area contributed by atoms with Crippen LogP contribution in [0, 0.1) is 5.82 Å². The molecular formula is C14H20ClFO. The molecule has 0 amide bonds. The third kappa shape index (κ3) is 3.60. The van der Waals surface area contributed by atoms with E-state index in [4.69, 9.17) is 16.3 Å². The largest absolute Gasteiger partial charge is 0.489 e. The fraction of sp³-hybridized carbons (Fsp3) is 0.571. The first-order valence-corrected chi connectivity index (χ1v) is 6.37. The van der Waals surface area contributed by atoms with E-state index in [1.807, 2.05) is 20.8 Å². The molecule has 0 aliphatic heterocycles. The molecule has 0 atom stereocenters. The molecule has 0 heterocycles. The van der Waals surface area contributed by atoms with E-state index >= 15 is 0 Å². The van der Waals surface area contributed by atoms with Crippen molar-refractivity contribution in [2.24, 2.45) is 0 Å². The maximum absolute atomic E-state index is 14.2. The Morgan fingerprint density at radius 3 is 2.47 bits per heavy atom. The van der Waals surface area contributed by atoms with Gasteiger partial charge in [0.05, 0.1) is 11.6 Å². The highest BCUT2D eigenvalue weighted by Crippen LogP contribution is 2.35. The molecule has 0 bridgehead atoms. The van der Waals surface area contributed by atoms with Crippen LogP contribution in [-0.2, 0) is 5.41 Å². The van der Waals surface area contributed by atoms with Gasteiger partial charge in [-0.25, -0.2) is 4.39 Å². The lowest BCUT2D eigenvalue weighted by Crippen LogP contribution is -2.14. The van der Waals surface area contributed by atoms with Gasteiger partial charge in [-0.1, -0.05) is 51.8 Å². The molecule has 0 saturated carbocycles. The highest BCUT2D eigenvalue weighted by atomic mass is 35.5. The van der Waals surface area contributed by atoms with Crippen LogP contribution in [0.4, 0.5) is 4.39 Å². The normalized spacial score (nSPS) is 11.6. The number of halogens is 2. The van der Waals surface area contributed by atoms with E-state index in [2.05, 4.69) is 6.92 Å². The second kappa shape index (κ2) is 5.72. The van der Waals surface area contributed by atoms with Gasteiger partial charge in [-0.05, 0) is 23.5 Å². The summed E-state index contributed by atoms with van der Waals surface area (Å²) < 4.78 is 19.7. The van der Waals surface area contributed by atoms with E-state index in [0.717, 1.165) is 12.8 Å². The van der Waals surface area contributed by atoms with Gasteiger partial charge in [-0.15, -0.1) is 0 Å². The highest BCUT2D eigenvalue weighted by Gasteiger charge is 2.22. The van der Waals surface area contributed by atoms with Gasteiger partial charge in [-0.2, -0.15) is 0 Å². The number of rotatable bonds is 4. The van der Waals surface area contributed by atoms with E-state index in [1.54, 1.807) is 12.1 Å². The minimum Gasteiger partial charge on any atom is -0.489 e. The fourth-order valence-corrected chi connectivity index (χ4v) is 1.76. The van der Waals surface area contributed by atoms with Crippen molar-refractivity contribution in [2.75, 3.05) is 6.61 Å². The fourth-order valence-electron chi connectivity index (χ4n) is 1.56. The zero-order valence-electron chi connectivity index (χ0n) is 10.9. The van der Waals surface area contributed by atoms with Crippen molar-refractivity contribution in [2.45, 2.75) is 46.0 Å². The molecule has 0 unspecified atom stereocenters. The average Bonchev–Trinajstić information content (AvgIpc) is 2.21. The van der Waals surface area contributed by atoms with Crippen molar-refractivity contribution >= 4 is 11.6 Å². The van der Waals surface area contributed by atoms with Gasteiger partial charge in [0.15, 0.2) is 11.6 Å². The Kier molecular flexibility index (Phi) is 4.81. The first kappa shape index (κ1) is 14.3. The quantitative estimate of drug-likeness (QED) is 0.694. The molecular weight excluding hydrogens is 239 g/mol. The first-order valence-electron chi connectivity index (χ1n) is 5.99. The summed E-state index contributed by atoms with van der Waals surface area (Å²) in [6.07, 6.45) is 1.91. The number of hydrogen-bond donors (Lipinski definition) is 0. The van der Waals surface area contributed by atoms with Crippen LogP contribution in [0.5, 0.6) is 5.75 Å². The molecule has 0 N–H and O–H groups in total. The number of hydrogen-bond acceptors (Lipinski definition) is 1. The molecule has 1 rings (SSSR count). The molecule has 17 heavy (non-hydrogen) atoms. The van der Waals surface area contributed by atoms with Gasteiger partial charge in [0.1, 0.15) is 0 Å². The van der Waals surface area contributed by atoms with Crippen LogP contribution in [0.2, 0.25) is 5.02 Å². The Morgan fingerprint density at radius 1 is 1.29 bits per heavy atom. The third-order valence-corrected chi connectivity index (χ3v) is 2.90. The van der Waals surface area contributed by atoms with Crippen molar-refractivity contribution in [3.63, 3.8) is 0 Å². The van der Waals surface area contributed by atoms with Crippen molar-refractivity contribution in [3.05, 3.63) is 28.5 Å². The van der Waals surface area contributed by atoms with Gasteiger partial charge >= 0.3 is 0 Å². The molecule has 1 aromatic carbocycles. The van der Waals surface area contributed by atoms with E-state index < -0.39 is 0 Å². The van der Waals surface area contributed by atoms with Crippen molar-refractivity contribution in [1.29, 1.82) is 0 Å². The maximum Gasteiger partial charge on any atom is 0.173 e. The predicted octanol–water partition coefficient (Wildman–Crippen LogP) is 4.96. The van der Waals surface area contributed by atoms with Crippen LogP contribution >= 0.6 is 11.6 Å². The monoisotopic (exact) mass is 258 g/mol. The second-order valence-corrected chi connectivity index (χ2v) is 5.60. The lowest BCUT2D eigenvalue weighted by molar-refractivity contribution is 0.291. The van der Waals surface area contributed by atoms with Gasteiger partial charge in [0.2, 0.25) is 0 Å². The molecule has 0 aromatic heterocycles. The van der Waals surface area contributed by atoms with Crippen LogP contribution in [-0.4, -0.2) is 6.61 Å². The summed E-state index contributed by atoms with van der Waals surface area (Å²) in [5, 5.41) is 0.339. The predicted molar refractivity (Wildman–Crippen MR) is 70.5 cm³/mol. The number of benzene rings is 1. The van der Waals surface area contributed by atoms with E-state index in [1.165, 1.54) is 0 Å². The van der Waals surface area contributed by atoms with Crippen molar-refractivity contribution in [1.82, 2.24) is 0 Å². The van der Waals surface area contributed by atoms with Crippen LogP contribution in [0.15, 0.2) is 12.1 Å². The molecule has 0 spiro atoms. The molecule has 0 aliphatic carbocycles. The maximum atomic E-state index is 14.2. The third-order valence-electron chi connectivity index (χ3n) is 2.60. The number of unbranched alkanes of at least 4 members (excludes halogenated alkanes) is 1. The molecule has 0 aliphatic rings. The van der Waals surface area contributed by atoms with Gasteiger partial charge < -0.3 is 4.74 Å². The summed E-state index contributed by atoms with van der Waals surface area (Å²) in [5.41, 5.74) is 0.380. The Hall–Kier alpha value is -0.760. The Balaban J connectivity index is 3.03. The van der Waals surface area contributed by atoms with Gasteiger partial charge in [0, 0.05) is 0 Å². The molecule has 1 nitrogen and oxygen atoms in total. The summed E-state index contributed by atoms with van der Waals surface area (Å²) in [5.74, 6) is -0.145. The zero-order chi connectivity index (χ0) is 13.1. The minimum absolute atomic E-state index is 0.188. The lowest BCUT2D eigenvalue weighted by Gasteiger charge is -2.21. The summed E-state index contributed by atoms with van der Waals surface area (Å²) in [4.78, 5) is 0. The average molecular weight is 259 g/mol. The van der Waals surface area contributed by atoms with E-state index in [-0.39, 0.29) is 17.0 Å². The smallest absolute Gasteiger partial charge is 0.173 e. The van der Waals surface area contributed by atoms with Gasteiger partial charge in [0.25, 0.3) is 0 Å². The van der Waals surface area contributed by atoms with E-state index in [0.29, 0.717) is 17.2 Å². The summed E-state index contributed by atoms with van der Waals surface area (Å²) in [6.45, 7) is 8.47. The zero-order valence-corrected chi connectivity index (χ0v) is 11.7. The van der Waals surface area contributed by atoms with E-state index in [9.17, 15) is 4.39 Å². The Morgan fingerprint density at radius 2 is 1.94 bits per heavy atom. The van der Waals surface area contributed by atoms with Crippen LogP contribution in [0.3, 0.4) is 0 Å². The van der Waals surface area contributed by atoms with Gasteiger partial charge in [-0.3, -0.25) is 0 Å². The molecule has 0 radical (unpaired) electrons. The molecule has 0 fully saturated rings. The van der Waals surface area contributed by atoms with Crippen LogP contribution < -0.4 is 4.74 Å². The Labute approximate surface area is 108 Å². The first-order chi connectivity index (χ1) is 7.88. The standard InChI is InChI=1S/C14H20ClFO/c1-5-6-9-17-13-11(15)8-7-10(12(13)16)14(2,3)4/h7-8H,5-6,9H2,1-4H3. The Bertz CT molecular complexity index is 383. The summed E-state index contributed by atoms with van der Waals surface area (Å²) >= 11 is 5.97. The molecule has 1 aromatic rings. The minimum atomic E-state index is -0.332.